The third kappa shape index (κ3) is 3.73. The van der Waals surface area contributed by atoms with Crippen LogP contribution in [0, 0.1) is 0 Å². The van der Waals surface area contributed by atoms with Gasteiger partial charge in [0.1, 0.15) is 5.82 Å². The molecule has 7 nitrogen and oxygen atoms in total. The molecule has 0 aliphatic heterocycles. The largest absolute Gasteiger partial charge is 0.338 e. The molecule has 0 unspecified atom stereocenters. The van der Waals surface area contributed by atoms with Crippen molar-refractivity contribution in [3.05, 3.63) is 17.6 Å². The molecule has 2 fully saturated rings. The molecule has 1 N–H and O–H groups in total. The summed E-state index contributed by atoms with van der Waals surface area (Å²) in [6.45, 7) is 6.15. The van der Waals surface area contributed by atoms with E-state index in [1.54, 1.807) is 6.07 Å². The maximum Gasteiger partial charge on any atom is 0.237 e. The SMILES string of the molecule is CC(C)(C)c1cc(NC(=O)CSc2nnc(C3CC3)n2C2CC2)on1. The number of hydrogen-bond donors (Lipinski definition) is 1. The van der Waals surface area contributed by atoms with E-state index in [1.807, 2.05) is 0 Å². The van der Waals surface area contributed by atoms with Crippen LogP contribution < -0.4 is 5.32 Å². The van der Waals surface area contributed by atoms with Crippen LogP contribution in [0.1, 0.15) is 69.9 Å². The van der Waals surface area contributed by atoms with Crippen LogP contribution in [-0.2, 0) is 10.2 Å². The zero-order chi connectivity index (χ0) is 17.6. The zero-order valence-corrected chi connectivity index (χ0v) is 15.6. The minimum Gasteiger partial charge on any atom is -0.338 e. The first-order valence-corrected chi connectivity index (χ1v) is 9.75. The number of aromatic nitrogens is 4. The summed E-state index contributed by atoms with van der Waals surface area (Å²) in [7, 11) is 0. The lowest BCUT2D eigenvalue weighted by atomic mass is 9.92. The molecule has 0 spiro atoms. The molecule has 2 aromatic rings. The van der Waals surface area contributed by atoms with Crippen LogP contribution in [0.5, 0.6) is 0 Å². The van der Waals surface area contributed by atoms with Gasteiger partial charge in [0, 0.05) is 23.4 Å². The van der Waals surface area contributed by atoms with Crippen molar-refractivity contribution in [3.63, 3.8) is 0 Å². The van der Waals surface area contributed by atoms with Crippen LogP contribution in [0.25, 0.3) is 0 Å². The normalized spacial score (nSPS) is 17.7. The van der Waals surface area contributed by atoms with Crippen LogP contribution in [0.15, 0.2) is 15.7 Å². The van der Waals surface area contributed by atoms with Crippen LogP contribution in [0.2, 0.25) is 0 Å². The second kappa shape index (κ2) is 6.16. The minimum atomic E-state index is -0.125. The fraction of sp³-hybridized carbons (Fsp3) is 0.647. The molecule has 2 heterocycles. The molecule has 25 heavy (non-hydrogen) atoms. The summed E-state index contributed by atoms with van der Waals surface area (Å²) in [5.41, 5.74) is 0.708. The number of amides is 1. The third-order valence-corrected chi connectivity index (χ3v) is 5.36. The summed E-state index contributed by atoms with van der Waals surface area (Å²) in [5.74, 6) is 2.22. The minimum absolute atomic E-state index is 0.110. The van der Waals surface area contributed by atoms with E-state index in [9.17, 15) is 4.79 Å². The van der Waals surface area contributed by atoms with Gasteiger partial charge in [-0.05, 0) is 25.7 Å². The molecule has 0 atom stereocenters. The number of hydrogen-bond acceptors (Lipinski definition) is 6. The Morgan fingerprint density at radius 2 is 2.08 bits per heavy atom. The standard InChI is InChI=1S/C17H23N5O2S/c1-17(2,3)12-8-14(24-21-12)18-13(23)9-25-16-20-19-15(10-4-5-10)22(16)11-6-7-11/h8,10-11H,4-7,9H2,1-3H3,(H,18,23). The quantitative estimate of drug-likeness (QED) is 0.793. The number of carbonyl (C=O) groups is 1. The number of carbonyl (C=O) groups excluding carboxylic acids is 1. The van der Waals surface area contributed by atoms with Crippen LogP contribution in [0.3, 0.4) is 0 Å². The predicted molar refractivity (Wildman–Crippen MR) is 94.8 cm³/mol. The lowest BCUT2D eigenvalue weighted by Gasteiger charge is -2.12. The fourth-order valence-electron chi connectivity index (χ4n) is 2.67. The molecule has 1 amide bonds. The van der Waals surface area contributed by atoms with Gasteiger partial charge in [-0.1, -0.05) is 37.7 Å². The molecule has 2 aliphatic carbocycles. The van der Waals surface area contributed by atoms with Crippen LogP contribution >= 0.6 is 11.8 Å². The number of nitrogens with one attached hydrogen (secondary N) is 1. The van der Waals surface area contributed by atoms with Gasteiger partial charge in [-0.3, -0.25) is 10.1 Å². The van der Waals surface area contributed by atoms with Crippen molar-refractivity contribution in [2.45, 2.75) is 69.0 Å². The van der Waals surface area contributed by atoms with Gasteiger partial charge >= 0.3 is 0 Å². The van der Waals surface area contributed by atoms with E-state index in [2.05, 4.69) is 46.0 Å². The Labute approximate surface area is 150 Å². The van der Waals surface area contributed by atoms with Gasteiger partial charge in [0.25, 0.3) is 0 Å². The molecular formula is C17H23N5O2S. The smallest absolute Gasteiger partial charge is 0.237 e. The van der Waals surface area contributed by atoms with E-state index >= 15 is 0 Å². The first-order valence-electron chi connectivity index (χ1n) is 8.76. The maximum absolute atomic E-state index is 12.2. The Morgan fingerprint density at radius 3 is 2.68 bits per heavy atom. The highest BCUT2D eigenvalue weighted by molar-refractivity contribution is 7.99. The maximum atomic E-state index is 12.2. The van der Waals surface area contributed by atoms with Gasteiger partial charge in [0.2, 0.25) is 11.8 Å². The summed E-state index contributed by atoms with van der Waals surface area (Å²) >= 11 is 1.44. The van der Waals surface area contributed by atoms with Crippen molar-refractivity contribution in [2.24, 2.45) is 0 Å². The monoisotopic (exact) mass is 361 g/mol. The molecule has 4 rings (SSSR count). The Morgan fingerprint density at radius 1 is 1.32 bits per heavy atom. The summed E-state index contributed by atoms with van der Waals surface area (Å²) in [6.07, 6.45) is 4.78. The van der Waals surface area contributed by atoms with Crippen molar-refractivity contribution in [1.82, 2.24) is 19.9 Å². The number of rotatable bonds is 6. The molecule has 134 valence electrons. The van der Waals surface area contributed by atoms with Crippen molar-refractivity contribution in [1.29, 1.82) is 0 Å². The van der Waals surface area contributed by atoms with Crippen LogP contribution in [0.4, 0.5) is 5.88 Å². The topological polar surface area (TPSA) is 85.8 Å². The van der Waals surface area contributed by atoms with E-state index in [0.29, 0.717) is 17.8 Å². The lowest BCUT2D eigenvalue weighted by Crippen LogP contribution is -2.14. The Balaban J connectivity index is 1.37. The highest BCUT2D eigenvalue weighted by Gasteiger charge is 2.36. The summed E-state index contributed by atoms with van der Waals surface area (Å²) in [6, 6.07) is 2.31. The van der Waals surface area contributed by atoms with Gasteiger partial charge in [-0.25, -0.2) is 0 Å². The first-order chi connectivity index (χ1) is 11.9. The Hall–Kier alpha value is -1.83. The second-order valence-corrected chi connectivity index (χ2v) is 8.82. The van der Waals surface area contributed by atoms with Gasteiger partial charge in [-0.15, -0.1) is 10.2 Å². The van der Waals surface area contributed by atoms with E-state index in [0.717, 1.165) is 16.7 Å². The van der Waals surface area contributed by atoms with E-state index in [1.165, 1.54) is 37.4 Å². The van der Waals surface area contributed by atoms with Gasteiger partial charge in [0.15, 0.2) is 5.16 Å². The molecule has 2 aliphatic rings. The number of nitrogens with zero attached hydrogens (tertiary/aromatic N) is 4. The van der Waals surface area contributed by atoms with Crippen molar-refractivity contribution in [3.8, 4) is 0 Å². The zero-order valence-electron chi connectivity index (χ0n) is 14.8. The average molecular weight is 361 g/mol. The molecular weight excluding hydrogens is 338 g/mol. The summed E-state index contributed by atoms with van der Waals surface area (Å²) in [4.78, 5) is 12.2. The third-order valence-electron chi connectivity index (χ3n) is 4.42. The molecule has 0 saturated heterocycles. The van der Waals surface area contributed by atoms with Gasteiger partial charge in [0.05, 0.1) is 11.4 Å². The predicted octanol–water partition coefficient (Wildman–Crippen LogP) is 3.51. The lowest BCUT2D eigenvalue weighted by molar-refractivity contribution is -0.113. The summed E-state index contributed by atoms with van der Waals surface area (Å²) in [5, 5.41) is 16.3. The van der Waals surface area contributed by atoms with Crippen molar-refractivity contribution >= 4 is 23.6 Å². The molecule has 0 bridgehead atoms. The fourth-order valence-corrected chi connectivity index (χ4v) is 3.49. The van der Waals surface area contributed by atoms with Crippen LogP contribution in [-0.4, -0.2) is 31.6 Å². The van der Waals surface area contributed by atoms with E-state index < -0.39 is 0 Å². The Bertz CT molecular complexity index is 783. The molecule has 0 aromatic carbocycles. The highest BCUT2D eigenvalue weighted by Crippen LogP contribution is 2.45. The molecule has 2 aromatic heterocycles. The van der Waals surface area contributed by atoms with Gasteiger partial charge in [-0.2, -0.15) is 0 Å². The first kappa shape index (κ1) is 16.6. The molecule has 2 saturated carbocycles. The second-order valence-electron chi connectivity index (χ2n) is 7.88. The van der Waals surface area contributed by atoms with E-state index in [-0.39, 0.29) is 17.1 Å². The molecule has 0 radical (unpaired) electrons. The van der Waals surface area contributed by atoms with Crippen molar-refractivity contribution < 1.29 is 9.32 Å². The summed E-state index contributed by atoms with van der Waals surface area (Å²) < 4.78 is 7.46. The average Bonchev–Trinajstić information content (AvgIpc) is 3.47. The number of anilines is 1. The highest BCUT2D eigenvalue weighted by atomic mass is 32.2. The number of thioether (sulfide) groups is 1. The molecule has 8 heteroatoms. The van der Waals surface area contributed by atoms with E-state index in [4.69, 9.17) is 4.52 Å². The van der Waals surface area contributed by atoms with Gasteiger partial charge < -0.3 is 9.09 Å². The van der Waals surface area contributed by atoms with Crippen molar-refractivity contribution in [2.75, 3.05) is 11.1 Å². The Kier molecular flexibility index (Phi) is 4.10.